The van der Waals surface area contributed by atoms with Crippen molar-refractivity contribution in [2.45, 2.75) is 0 Å². The number of hydrogen-bond donors (Lipinski definition) is 0. The van der Waals surface area contributed by atoms with E-state index in [2.05, 4.69) is 17.2 Å². The highest BCUT2D eigenvalue weighted by Gasteiger charge is 1.93. The van der Waals surface area contributed by atoms with Crippen LogP contribution in [-0.4, -0.2) is 13.3 Å². The highest BCUT2D eigenvalue weighted by Crippen LogP contribution is 2.10. The summed E-state index contributed by atoms with van der Waals surface area (Å²) >= 11 is 0. The minimum Gasteiger partial charge on any atom is -0.269 e. The van der Waals surface area contributed by atoms with Crippen molar-refractivity contribution >= 4 is 18.0 Å². The number of allylic oxidation sites excluding steroid dienone is 1. The Bertz CT molecular complexity index is 515. The van der Waals surface area contributed by atoms with E-state index in [1.165, 1.54) is 5.56 Å². The van der Waals surface area contributed by atoms with Crippen LogP contribution in [0, 0.1) is 0 Å². The molecule has 0 fully saturated rings. The van der Waals surface area contributed by atoms with Gasteiger partial charge in [-0.3, -0.25) is 5.01 Å². The van der Waals surface area contributed by atoms with Crippen LogP contribution in [0.1, 0.15) is 5.56 Å². The average molecular weight is 236 g/mol. The minimum atomic E-state index is 1.07. The molecule has 0 aromatic heterocycles. The maximum Gasteiger partial charge on any atom is 0.0590 e. The second-order valence-corrected chi connectivity index (χ2v) is 3.89. The largest absolute Gasteiger partial charge is 0.269 e. The van der Waals surface area contributed by atoms with E-state index in [4.69, 9.17) is 0 Å². The lowest BCUT2D eigenvalue weighted by atomic mass is 10.2. The molecule has 2 rings (SSSR count). The Morgan fingerprint density at radius 3 is 2.17 bits per heavy atom. The predicted molar refractivity (Wildman–Crippen MR) is 78.8 cm³/mol. The number of rotatable bonds is 4. The number of para-hydroxylation sites is 1. The molecule has 2 nitrogen and oxygen atoms in total. The Morgan fingerprint density at radius 1 is 0.889 bits per heavy atom. The highest BCUT2D eigenvalue weighted by molar-refractivity contribution is 5.78. The Hall–Kier alpha value is -2.35. The molecule has 0 radical (unpaired) electrons. The second kappa shape index (κ2) is 6.40. The lowest BCUT2D eigenvalue weighted by Gasteiger charge is -2.11. The standard InChI is InChI=1S/C16H16N2/c1-18(16-12-6-3-7-13-16)17-14-8-11-15-9-4-2-5-10-15/h2-14H,1H3. The van der Waals surface area contributed by atoms with E-state index in [1.807, 2.05) is 72.7 Å². The first-order valence-electron chi connectivity index (χ1n) is 5.91. The van der Waals surface area contributed by atoms with Gasteiger partial charge in [0.1, 0.15) is 0 Å². The van der Waals surface area contributed by atoms with Crippen molar-refractivity contribution in [3.63, 3.8) is 0 Å². The molecule has 0 N–H and O–H groups in total. The fourth-order valence-corrected chi connectivity index (χ4v) is 1.57. The van der Waals surface area contributed by atoms with E-state index < -0.39 is 0 Å². The Morgan fingerprint density at radius 2 is 1.50 bits per heavy atom. The summed E-state index contributed by atoms with van der Waals surface area (Å²) in [6, 6.07) is 20.2. The first-order valence-corrected chi connectivity index (χ1v) is 5.91. The topological polar surface area (TPSA) is 15.6 Å². The SMILES string of the molecule is CN(N=CC=Cc1ccccc1)c1ccccc1. The van der Waals surface area contributed by atoms with Gasteiger partial charge in [0.2, 0.25) is 0 Å². The van der Waals surface area contributed by atoms with Crippen molar-refractivity contribution in [1.29, 1.82) is 0 Å². The van der Waals surface area contributed by atoms with Gasteiger partial charge in [-0.05, 0) is 23.8 Å². The van der Waals surface area contributed by atoms with Gasteiger partial charge in [-0.15, -0.1) is 0 Å². The summed E-state index contributed by atoms with van der Waals surface area (Å²) in [5.41, 5.74) is 2.24. The fraction of sp³-hybridized carbons (Fsp3) is 0.0625. The van der Waals surface area contributed by atoms with Crippen molar-refractivity contribution in [3.8, 4) is 0 Å². The molecule has 0 unspecified atom stereocenters. The summed E-state index contributed by atoms with van der Waals surface area (Å²) in [4.78, 5) is 0. The summed E-state index contributed by atoms with van der Waals surface area (Å²) in [5.74, 6) is 0. The zero-order valence-electron chi connectivity index (χ0n) is 10.4. The van der Waals surface area contributed by atoms with Gasteiger partial charge in [-0.25, -0.2) is 0 Å². The average Bonchev–Trinajstić information content (AvgIpc) is 2.45. The van der Waals surface area contributed by atoms with E-state index in [9.17, 15) is 0 Å². The van der Waals surface area contributed by atoms with Crippen LogP contribution < -0.4 is 5.01 Å². The van der Waals surface area contributed by atoms with Crippen LogP contribution in [0.3, 0.4) is 0 Å². The number of hydrazone groups is 1. The highest BCUT2D eigenvalue weighted by atomic mass is 15.4. The van der Waals surface area contributed by atoms with Gasteiger partial charge in [-0.2, -0.15) is 5.10 Å². The van der Waals surface area contributed by atoms with Crippen LogP contribution >= 0.6 is 0 Å². The molecule has 0 aliphatic carbocycles. The first kappa shape index (κ1) is 12.1. The molecule has 0 heterocycles. The zero-order valence-corrected chi connectivity index (χ0v) is 10.4. The van der Waals surface area contributed by atoms with Crippen LogP contribution in [-0.2, 0) is 0 Å². The molecule has 0 saturated heterocycles. The summed E-state index contributed by atoms with van der Waals surface area (Å²) in [6.45, 7) is 0. The third kappa shape index (κ3) is 3.59. The fourth-order valence-electron chi connectivity index (χ4n) is 1.57. The third-order valence-corrected chi connectivity index (χ3v) is 2.54. The molecule has 18 heavy (non-hydrogen) atoms. The molecule has 0 atom stereocenters. The molecular weight excluding hydrogens is 220 g/mol. The number of hydrogen-bond acceptors (Lipinski definition) is 2. The monoisotopic (exact) mass is 236 g/mol. The smallest absolute Gasteiger partial charge is 0.0590 e. The van der Waals surface area contributed by atoms with E-state index in [0.29, 0.717) is 0 Å². The molecule has 0 amide bonds. The van der Waals surface area contributed by atoms with E-state index in [-0.39, 0.29) is 0 Å². The van der Waals surface area contributed by atoms with Crippen LogP contribution in [0.2, 0.25) is 0 Å². The Balaban J connectivity index is 1.94. The number of benzene rings is 2. The van der Waals surface area contributed by atoms with Crippen molar-refractivity contribution in [1.82, 2.24) is 0 Å². The van der Waals surface area contributed by atoms with Gasteiger partial charge < -0.3 is 0 Å². The van der Waals surface area contributed by atoms with Crippen LogP contribution in [0.15, 0.2) is 71.8 Å². The van der Waals surface area contributed by atoms with Gasteiger partial charge in [0.25, 0.3) is 0 Å². The van der Waals surface area contributed by atoms with Crippen LogP contribution in [0.4, 0.5) is 5.69 Å². The van der Waals surface area contributed by atoms with Crippen molar-refractivity contribution in [2.75, 3.05) is 12.1 Å². The molecular formula is C16H16N2. The number of nitrogens with zero attached hydrogens (tertiary/aromatic N) is 2. The van der Waals surface area contributed by atoms with Crippen molar-refractivity contribution < 1.29 is 0 Å². The van der Waals surface area contributed by atoms with Gasteiger partial charge in [0, 0.05) is 13.3 Å². The molecule has 0 bridgehead atoms. The molecule has 0 spiro atoms. The minimum absolute atomic E-state index is 1.07. The van der Waals surface area contributed by atoms with Crippen molar-refractivity contribution in [2.24, 2.45) is 5.10 Å². The second-order valence-electron chi connectivity index (χ2n) is 3.89. The maximum absolute atomic E-state index is 4.33. The van der Waals surface area contributed by atoms with Crippen molar-refractivity contribution in [3.05, 3.63) is 72.3 Å². The molecule has 2 aromatic carbocycles. The normalized spacial score (nSPS) is 11.2. The molecule has 90 valence electrons. The summed E-state index contributed by atoms with van der Waals surface area (Å²) < 4.78 is 0. The molecule has 0 aliphatic heterocycles. The quantitative estimate of drug-likeness (QED) is 0.582. The van der Waals surface area contributed by atoms with E-state index in [0.717, 1.165) is 5.69 Å². The zero-order chi connectivity index (χ0) is 12.6. The van der Waals surface area contributed by atoms with E-state index in [1.54, 1.807) is 6.21 Å². The van der Waals surface area contributed by atoms with E-state index >= 15 is 0 Å². The molecule has 0 saturated carbocycles. The Kier molecular flexibility index (Phi) is 4.31. The summed E-state index contributed by atoms with van der Waals surface area (Å²) in [7, 11) is 1.93. The lowest BCUT2D eigenvalue weighted by molar-refractivity contribution is 1.03. The van der Waals surface area contributed by atoms with Gasteiger partial charge in [0.15, 0.2) is 0 Å². The van der Waals surface area contributed by atoms with Crippen LogP contribution in [0.5, 0.6) is 0 Å². The molecule has 0 aliphatic rings. The van der Waals surface area contributed by atoms with Gasteiger partial charge >= 0.3 is 0 Å². The number of anilines is 1. The van der Waals surface area contributed by atoms with Gasteiger partial charge in [0.05, 0.1) is 5.69 Å². The van der Waals surface area contributed by atoms with Crippen LogP contribution in [0.25, 0.3) is 6.08 Å². The molecule has 2 aromatic rings. The predicted octanol–water partition coefficient (Wildman–Crippen LogP) is 3.82. The molecule has 2 heteroatoms. The summed E-state index contributed by atoms with van der Waals surface area (Å²) in [5, 5.41) is 6.17. The third-order valence-electron chi connectivity index (χ3n) is 2.54. The summed E-state index contributed by atoms with van der Waals surface area (Å²) in [6.07, 6.45) is 5.76. The lowest BCUT2D eigenvalue weighted by Crippen LogP contribution is -2.07. The first-order chi connectivity index (χ1) is 8.86. The Labute approximate surface area is 108 Å². The maximum atomic E-state index is 4.33. The van der Waals surface area contributed by atoms with Gasteiger partial charge in [-0.1, -0.05) is 54.6 Å².